The molecule has 2 aliphatic heterocycles. The first-order chi connectivity index (χ1) is 12.5. The highest BCUT2D eigenvalue weighted by molar-refractivity contribution is 7.89. The summed E-state index contributed by atoms with van der Waals surface area (Å²) in [5, 5.41) is 6.10. The van der Waals surface area contributed by atoms with Crippen LogP contribution in [0.1, 0.15) is 24.8 Å². The van der Waals surface area contributed by atoms with Crippen LogP contribution in [0.25, 0.3) is 0 Å². The van der Waals surface area contributed by atoms with E-state index in [4.69, 9.17) is 0 Å². The molecule has 2 heterocycles. The normalized spacial score (nSPS) is 18.6. The molecule has 28 heavy (non-hydrogen) atoms. The molecule has 7 nitrogen and oxygen atoms in total. The van der Waals surface area contributed by atoms with Crippen LogP contribution < -0.4 is 10.6 Å². The number of piperazine rings is 1. The standard InChI is InChI=1S/C18H28N4O3S.2ClH/c1-15-5-6-16(20-18(23)14-21-11-7-19-8-12-21)13-17(15)26(24,25)22-9-3-2-4-10-22;;/h5-6,13,19H,2-4,7-12,14H2,1H3,(H,20,23);2*1H. The minimum absolute atomic E-state index is 0. The van der Waals surface area contributed by atoms with Gasteiger partial charge in [0.05, 0.1) is 11.4 Å². The van der Waals surface area contributed by atoms with E-state index in [2.05, 4.69) is 15.5 Å². The van der Waals surface area contributed by atoms with Crippen LogP contribution in [-0.2, 0) is 14.8 Å². The number of hydrogen-bond acceptors (Lipinski definition) is 5. The summed E-state index contributed by atoms with van der Waals surface area (Å²) in [5.74, 6) is -0.114. The summed E-state index contributed by atoms with van der Waals surface area (Å²) in [6.45, 7) is 6.72. The Kier molecular flexibility index (Phi) is 10.2. The van der Waals surface area contributed by atoms with Crippen molar-refractivity contribution < 1.29 is 13.2 Å². The average Bonchev–Trinajstić information content (AvgIpc) is 2.64. The van der Waals surface area contributed by atoms with Crippen molar-refractivity contribution >= 4 is 46.4 Å². The molecule has 0 aliphatic carbocycles. The van der Waals surface area contributed by atoms with Gasteiger partial charge in [0.2, 0.25) is 15.9 Å². The SMILES string of the molecule is Cc1ccc(NC(=O)CN2CCNCC2)cc1S(=O)(=O)N1CCCCC1.Cl.Cl. The maximum atomic E-state index is 13.0. The second kappa shape index (κ2) is 11.3. The monoisotopic (exact) mass is 452 g/mol. The summed E-state index contributed by atoms with van der Waals surface area (Å²) < 4.78 is 27.5. The minimum atomic E-state index is -3.51. The Morgan fingerprint density at radius 1 is 1.07 bits per heavy atom. The van der Waals surface area contributed by atoms with Crippen LogP contribution in [0.5, 0.6) is 0 Å². The van der Waals surface area contributed by atoms with E-state index in [1.807, 2.05) is 0 Å². The van der Waals surface area contributed by atoms with Crippen molar-refractivity contribution in [2.45, 2.75) is 31.1 Å². The van der Waals surface area contributed by atoms with E-state index in [0.29, 0.717) is 35.8 Å². The molecule has 2 aliphatic rings. The van der Waals surface area contributed by atoms with Gasteiger partial charge in [-0.3, -0.25) is 9.69 Å². The van der Waals surface area contributed by atoms with E-state index in [0.717, 1.165) is 45.4 Å². The fourth-order valence-electron chi connectivity index (χ4n) is 3.47. The third kappa shape index (κ3) is 6.30. The maximum Gasteiger partial charge on any atom is 0.243 e. The minimum Gasteiger partial charge on any atom is -0.325 e. The van der Waals surface area contributed by atoms with Crippen molar-refractivity contribution in [1.29, 1.82) is 0 Å². The van der Waals surface area contributed by atoms with Gasteiger partial charge in [0.25, 0.3) is 0 Å². The number of halogens is 2. The van der Waals surface area contributed by atoms with E-state index in [-0.39, 0.29) is 30.7 Å². The zero-order chi connectivity index (χ0) is 18.6. The van der Waals surface area contributed by atoms with Gasteiger partial charge in [0.1, 0.15) is 0 Å². The van der Waals surface area contributed by atoms with Crippen LogP contribution >= 0.6 is 24.8 Å². The number of hydrogen-bond donors (Lipinski definition) is 2. The predicted octanol–water partition coefficient (Wildman–Crippen LogP) is 1.86. The number of carbonyl (C=O) groups is 1. The second-order valence-electron chi connectivity index (χ2n) is 7.02. The molecular weight excluding hydrogens is 423 g/mol. The molecule has 10 heteroatoms. The first-order valence-corrected chi connectivity index (χ1v) is 10.7. The van der Waals surface area contributed by atoms with Gasteiger partial charge in [-0.05, 0) is 37.5 Å². The van der Waals surface area contributed by atoms with Crippen molar-refractivity contribution in [3.05, 3.63) is 23.8 Å². The summed E-state index contributed by atoms with van der Waals surface area (Å²) in [6.07, 6.45) is 2.88. The molecule has 0 radical (unpaired) electrons. The Bertz CT molecular complexity index is 749. The van der Waals surface area contributed by atoms with Gasteiger partial charge in [-0.15, -0.1) is 24.8 Å². The third-order valence-corrected chi connectivity index (χ3v) is 7.02. The summed E-state index contributed by atoms with van der Waals surface area (Å²) in [6, 6.07) is 5.12. The molecule has 0 aromatic heterocycles. The molecule has 2 N–H and O–H groups in total. The highest BCUT2D eigenvalue weighted by Gasteiger charge is 2.27. The van der Waals surface area contributed by atoms with Gasteiger partial charge in [0.15, 0.2) is 0 Å². The summed E-state index contributed by atoms with van der Waals surface area (Å²) >= 11 is 0. The molecule has 160 valence electrons. The fraction of sp³-hybridized carbons (Fsp3) is 0.611. The summed E-state index contributed by atoms with van der Waals surface area (Å²) in [5.41, 5.74) is 1.24. The molecule has 2 fully saturated rings. The van der Waals surface area contributed by atoms with Gasteiger partial charge in [0, 0.05) is 45.0 Å². The number of anilines is 1. The van der Waals surface area contributed by atoms with Crippen LogP contribution in [0.15, 0.2) is 23.1 Å². The molecule has 2 saturated heterocycles. The third-order valence-electron chi connectivity index (χ3n) is 4.98. The van der Waals surface area contributed by atoms with Crippen LogP contribution in [0.2, 0.25) is 0 Å². The lowest BCUT2D eigenvalue weighted by molar-refractivity contribution is -0.117. The van der Waals surface area contributed by atoms with Crippen molar-refractivity contribution in [3.8, 4) is 0 Å². The van der Waals surface area contributed by atoms with Crippen molar-refractivity contribution in [2.24, 2.45) is 0 Å². The Morgan fingerprint density at radius 2 is 1.71 bits per heavy atom. The highest BCUT2D eigenvalue weighted by Crippen LogP contribution is 2.26. The van der Waals surface area contributed by atoms with Gasteiger partial charge in [-0.25, -0.2) is 8.42 Å². The number of piperidine rings is 1. The summed E-state index contributed by atoms with van der Waals surface area (Å²) in [7, 11) is -3.51. The van der Waals surface area contributed by atoms with E-state index in [1.54, 1.807) is 29.4 Å². The van der Waals surface area contributed by atoms with E-state index in [9.17, 15) is 13.2 Å². The van der Waals surface area contributed by atoms with E-state index in [1.165, 1.54) is 0 Å². The van der Waals surface area contributed by atoms with Gasteiger partial charge >= 0.3 is 0 Å². The Balaban J connectivity index is 0.00000196. The summed E-state index contributed by atoms with van der Waals surface area (Å²) in [4.78, 5) is 14.7. The molecule has 0 atom stereocenters. The number of amides is 1. The molecule has 1 aromatic rings. The Labute approximate surface area is 180 Å². The smallest absolute Gasteiger partial charge is 0.243 e. The van der Waals surface area contributed by atoms with Gasteiger partial charge in [-0.1, -0.05) is 12.5 Å². The van der Waals surface area contributed by atoms with E-state index >= 15 is 0 Å². The topological polar surface area (TPSA) is 81.8 Å². The lowest BCUT2D eigenvalue weighted by Gasteiger charge is -2.27. The lowest BCUT2D eigenvalue weighted by atomic mass is 10.2. The molecule has 1 amide bonds. The molecule has 0 bridgehead atoms. The Hall–Kier alpha value is -0.900. The molecule has 1 aromatic carbocycles. The molecule has 0 unspecified atom stereocenters. The number of sulfonamides is 1. The lowest BCUT2D eigenvalue weighted by Crippen LogP contribution is -2.46. The second-order valence-corrected chi connectivity index (χ2v) is 8.93. The van der Waals surface area contributed by atoms with Gasteiger partial charge < -0.3 is 10.6 Å². The molecule has 0 saturated carbocycles. The number of benzene rings is 1. The van der Waals surface area contributed by atoms with Crippen molar-refractivity contribution in [1.82, 2.24) is 14.5 Å². The molecule has 0 spiro atoms. The molecular formula is C18H30Cl2N4O3S. The van der Waals surface area contributed by atoms with Crippen LogP contribution in [0.3, 0.4) is 0 Å². The van der Waals surface area contributed by atoms with Crippen molar-refractivity contribution in [3.63, 3.8) is 0 Å². The largest absolute Gasteiger partial charge is 0.325 e. The number of rotatable bonds is 5. The van der Waals surface area contributed by atoms with E-state index < -0.39 is 10.0 Å². The first-order valence-electron chi connectivity index (χ1n) is 9.30. The van der Waals surface area contributed by atoms with Gasteiger partial charge in [-0.2, -0.15) is 4.31 Å². The molecule has 3 rings (SSSR count). The highest BCUT2D eigenvalue weighted by atomic mass is 35.5. The van der Waals surface area contributed by atoms with Crippen LogP contribution in [-0.4, -0.2) is 69.3 Å². The number of nitrogens with one attached hydrogen (secondary N) is 2. The number of carbonyl (C=O) groups excluding carboxylic acids is 1. The fourth-order valence-corrected chi connectivity index (χ4v) is 5.24. The van der Waals surface area contributed by atoms with Crippen molar-refractivity contribution in [2.75, 3.05) is 51.1 Å². The predicted molar refractivity (Wildman–Crippen MR) is 116 cm³/mol. The zero-order valence-electron chi connectivity index (χ0n) is 16.1. The van der Waals surface area contributed by atoms with Crippen LogP contribution in [0.4, 0.5) is 5.69 Å². The quantitative estimate of drug-likeness (QED) is 0.712. The number of aryl methyl sites for hydroxylation is 1. The Morgan fingerprint density at radius 3 is 2.36 bits per heavy atom. The maximum absolute atomic E-state index is 13.0. The zero-order valence-corrected chi connectivity index (χ0v) is 18.6. The average molecular weight is 453 g/mol. The number of nitrogens with zero attached hydrogens (tertiary/aromatic N) is 2. The van der Waals surface area contributed by atoms with Crippen LogP contribution in [0, 0.1) is 6.92 Å². The first kappa shape index (κ1) is 25.1.